The van der Waals surface area contributed by atoms with E-state index in [1.807, 2.05) is 0 Å². The van der Waals surface area contributed by atoms with Crippen molar-refractivity contribution in [3.8, 4) is 0 Å². The number of hydrogen-bond acceptors (Lipinski definition) is 4. The molecule has 6 nitrogen and oxygen atoms in total. The lowest BCUT2D eigenvalue weighted by molar-refractivity contribution is 0.114. The number of nitrogens with two attached hydrogens (primary N) is 1. The predicted molar refractivity (Wildman–Crippen MR) is 62.2 cm³/mol. The third kappa shape index (κ3) is 3.14. The van der Waals surface area contributed by atoms with Gasteiger partial charge in [-0.15, -0.1) is 0 Å². The molecule has 0 aromatic rings. The lowest BCUT2D eigenvalue weighted by Crippen LogP contribution is -2.41. The minimum Gasteiger partial charge on any atom is -0.380 e. The molecule has 0 amide bonds. The van der Waals surface area contributed by atoms with Gasteiger partial charge in [-0.2, -0.15) is 17.0 Å². The summed E-state index contributed by atoms with van der Waals surface area (Å²) in [6, 6.07) is 0. The van der Waals surface area contributed by atoms with Crippen LogP contribution in [0.4, 0.5) is 0 Å². The van der Waals surface area contributed by atoms with Crippen LogP contribution in [0.3, 0.4) is 0 Å². The van der Waals surface area contributed by atoms with Crippen molar-refractivity contribution >= 4 is 10.2 Å². The highest BCUT2D eigenvalue weighted by molar-refractivity contribution is 7.86. The molecule has 0 aromatic heterocycles. The average molecular weight is 251 g/mol. The van der Waals surface area contributed by atoms with Crippen LogP contribution >= 0.6 is 0 Å². The van der Waals surface area contributed by atoms with Gasteiger partial charge in [-0.3, -0.25) is 0 Å². The molecule has 1 unspecified atom stereocenters. The molecule has 0 bridgehead atoms. The van der Waals surface area contributed by atoms with Crippen molar-refractivity contribution in [1.82, 2.24) is 8.61 Å². The highest BCUT2D eigenvalue weighted by atomic mass is 32.2. The summed E-state index contributed by atoms with van der Waals surface area (Å²) in [4.78, 5) is 0. The van der Waals surface area contributed by atoms with Gasteiger partial charge in [0.2, 0.25) is 0 Å². The van der Waals surface area contributed by atoms with Gasteiger partial charge in [0.1, 0.15) is 0 Å². The van der Waals surface area contributed by atoms with Gasteiger partial charge in [-0.1, -0.05) is 0 Å². The van der Waals surface area contributed by atoms with E-state index in [-0.39, 0.29) is 6.10 Å². The van der Waals surface area contributed by atoms with E-state index in [9.17, 15) is 8.42 Å². The quantitative estimate of drug-likeness (QED) is 0.673. The van der Waals surface area contributed by atoms with Crippen molar-refractivity contribution in [3.63, 3.8) is 0 Å². The van der Waals surface area contributed by atoms with Gasteiger partial charge >= 0.3 is 0 Å². The molecule has 1 aliphatic heterocycles. The Hall–Kier alpha value is -0.210. The number of hydrogen-bond donors (Lipinski definition) is 1. The van der Waals surface area contributed by atoms with Crippen molar-refractivity contribution in [2.75, 3.05) is 40.3 Å². The summed E-state index contributed by atoms with van der Waals surface area (Å²) in [6.45, 7) is 1.95. The van der Waals surface area contributed by atoms with E-state index < -0.39 is 10.2 Å². The molecular formula is C9H21N3O3S. The maximum Gasteiger partial charge on any atom is 0.281 e. The molecule has 0 spiro atoms. The molecule has 1 fully saturated rings. The monoisotopic (exact) mass is 251 g/mol. The van der Waals surface area contributed by atoms with E-state index in [1.165, 1.54) is 8.61 Å². The Labute approximate surface area is 97.5 Å². The summed E-state index contributed by atoms with van der Waals surface area (Å²) < 4.78 is 32.1. The minimum absolute atomic E-state index is 0.0256. The Bertz CT molecular complexity index is 307. The van der Waals surface area contributed by atoms with Crippen LogP contribution in [0.2, 0.25) is 0 Å². The lowest BCUT2D eigenvalue weighted by Gasteiger charge is -2.23. The van der Waals surface area contributed by atoms with E-state index in [1.54, 1.807) is 14.2 Å². The Morgan fingerprint density at radius 1 is 1.56 bits per heavy atom. The molecule has 1 rings (SSSR count). The van der Waals surface area contributed by atoms with Crippen molar-refractivity contribution in [3.05, 3.63) is 0 Å². The van der Waals surface area contributed by atoms with Gasteiger partial charge in [0.05, 0.1) is 6.10 Å². The van der Waals surface area contributed by atoms with Crippen molar-refractivity contribution < 1.29 is 13.2 Å². The Morgan fingerprint density at radius 2 is 2.25 bits per heavy atom. The molecule has 1 atom stereocenters. The fourth-order valence-electron chi connectivity index (χ4n) is 1.73. The molecule has 7 heteroatoms. The largest absolute Gasteiger partial charge is 0.380 e. The highest BCUT2D eigenvalue weighted by Gasteiger charge is 2.33. The SMILES string of the molecule is COC1CCN(S(=O)(=O)N(C)CCCN)C1. The second-order valence-electron chi connectivity index (χ2n) is 3.98. The topological polar surface area (TPSA) is 75.9 Å². The normalized spacial score (nSPS) is 23.1. The van der Waals surface area contributed by atoms with Gasteiger partial charge in [0.15, 0.2) is 0 Å². The Morgan fingerprint density at radius 3 is 2.75 bits per heavy atom. The van der Waals surface area contributed by atoms with E-state index in [2.05, 4.69) is 0 Å². The van der Waals surface area contributed by atoms with E-state index >= 15 is 0 Å². The first-order valence-electron chi connectivity index (χ1n) is 5.46. The van der Waals surface area contributed by atoms with E-state index in [0.717, 1.165) is 6.42 Å². The van der Waals surface area contributed by atoms with E-state index in [4.69, 9.17) is 10.5 Å². The van der Waals surface area contributed by atoms with Crippen LogP contribution in [-0.2, 0) is 14.9 Å². The van der Waals surface area contributed by atoms with Crippen LogP contribution in [0.5, 0.6) is 0 Å². The maximum atomic E-state index is 12.1. The summed E-state index contributed by atoms with van der Waals surface area (Å²) in [5, 5.41) is 0. The van der Waals surface area contributed by atoms with Crippen molar-refractivity contribution in [1.29, 1.82) is 0 Å². The second kappa shape index (κ2) is 5.92. The predicted octanol–water partition coefficient (Wildman–Crippen LogP) is -0.767. The van der Waals surface area contributed by atoms with Crippen molar-refractivity contribution in [2.45, 2.75) is 18.9 Å². The molecule has 1 heterocycles. The summed E-state index contributed by atoms with van der Waals surface area (Å²) >= 11 is 0. The molecule has 96 valence electrons. The zero-order chi connectivity index (χ0) is 12.2. The molecule has 1 saturated heterocycles. The molecule has 2 N–H and O–H groups in total. The van der Waals surface area contributed by atoms with Gasteiger partial charge in [0, 0.05) is 33.8 Å². The third-order valence-corrected chi connectivity index (χ3v) is 4.79. The number of ether oxygens (including phenoxy) is 1. The van der Waals surface area contributed by atoms with Crippen molar-refractivity contribution in [2.24, 2.45) is 5.73 Å². The summed E-state index contributed by atoms with van der Waals surface area (Å²) in [7, 11) is -0.124. The third-order valence-electron chi connectivity index (χ3n) is 2.84. The first-order chi connectivity index (χ1) is 7.52. The Kier molecular flexibility index (Phi) is 5.13. The second-order valence-corrected chi connectivity index (χ2v) is 6.01. The first-order valence-corrected chi connectivity index (χ1v) is 6.86. The van der Waals surface area contributed by atoms with Crippen LogP contribution in [0, 0.1) is 0 Å². The fourth-order valence-corrected chi connectivity index (χ4v) is 3.17. The molecule has 0 aromatic carbocycles. The summed E-state index contributed by atoms with van der Waals surface area (Å²) in [6.07, 6.45) is 1.47. The standard InChI is InChI=1S/C9H21N3O3S/c1-11(6-3-5-10)16(13,14)12-7-4-9(8-12)15-2/h9H,3-8,10H2,1-2H3. The number of rotatable bonds is 6. The molecular weight excluding hydrogens is 230 g/mol. The van der Waals surface area contributed by atoms with Crippen LogP contribution in [0.25, 0.3) is 0 Å². The number of methoxy groups -OCH3 is 1. The van der Waals surface area contributed by atoms with Crippen LogP contribution in [-0.4, -0.2) is 63.5 Å². The molecule has 0 radical (unpaired) electrons. The maximum absolute atomic E-state index is 12.1. The van der Waals surface area contributed by atoms with Crippen LogP contribution in [0.15, 0.2) is 0 Å². The first kappa shape index (κ1) is 13.9. The van der Waals surface area contributed by atoms with Gasteiger partial charge < -0.3 is 10.5 Å². The molecule has 0 aliphatic carbocycles. The molecule has 0 saturated carbocycles. The fraction of sp³-hybridized carbons (Fsp3) is 1.00. The zero-order valence-corrected chi connectivity index (χ0v) is 10.7. The van der Waals surface area contributed by atoms with Crippen LogP contribution < -0.4 is 5.73 Å². The Balaban J connectivity index is 2.57. The lowest BCUT2D eigenvalue weighted by atomic mass is 10.3. The number of nitrogens with zero attached hydrogens (tertiary/aromatic N) is 2. The van der Waals surface area contributed by atoms with Crippen LogP contribution in [0.1, 0.15) is 12.8 Å². The average Bonchev–Trinajstić information content (AvgIpc) is 2.74. The van der Waals surface area contributed by atoms with Gasteiger partial charge in [-0.25, -0.2) is 0 Å². The highest BCUT2D eigenvalue weighted by Crippen LogP contribution is 2.17. The minimum atomic E-state index is -3.32. The molecule has 1 aliphatic rings. The molecule has 16 heavy (non-hydrogen) atoms. The smallest absolute Gasteiger partial charge is 0.281 e. The zero-order valence-electron chi connectivity index (χ0n) is 9.92. The van der Waals surface area contributed by atoms with E-state index in [0.29, 0.717) is 32.6 Å². The summed E-state index contributed by atoms with van der Waals surface area (Å²) in [5.74, 6) is 0. The van der Waals surface area contributed by atoms with Gasteiger partial charge in [-0.05, 0) is 19.4 Å². The summed E-state index contributed by atoms with van der Waals surface area (Å²) in [5.41, 5.74) is 5.36. The van der Waals surface area contributed by atoms with Gasteiger partial charge in [0.25, 0.3) is 10.2 Å².